The fraction of sp³-hybridized carbons (Fsp3) is 0.375. The summed E-state index contributed by atoms with van der Waals surface area (Å²) in [7, 11) is 0. The molecule has 1 aromatic rings. The van der Waals surface area contributed by atoms with E-state index in [4.69, 9.17) is 0 Å². The number of rotatable bonds is 3. The number of carbonyl (C=O) groups is 1. The number of alkyl halides is 2. The maximum Gasteiger partial charge on any atom is 0.382 e. The lowest BCUT2D eigenvalue weighted by Crippen LogP contribution is -2.37. The Morgan fingerprint density at radius 3 is 2.62 bits per heavy atom. The van der Waals surface area contributed by atoms with Crippen LogP contribution in [0.3, 0.4) is 0 Å². The van der Waals surface area contributed by atoms with E-state index in [2.05, 4.69) is 4.74 Å². The zero-order chi connectivity index (χ0) is 12.3. The summed E-state index contributed by atoms with van der Waals surface area (Å²) in [4.78, 5) is 35.9. The van der Waals surface area contributed by atoms with Gasteiger partial charge in [-0.2, -0.15) is 8.78 Å². The van der Waals surface area contributed by atoms with Crippen molar-refractivity contribution in [2.75, 3.05) is 6.61 Å². The lowest BCUT2D eigenvalue weighted by Gasteiger charge is -2.12. The van der Waals surface area contributed by atoms with Crippen LogP contribution in [-0.2, 0) is 15.5 Å². The van der Waals surface area contributed by atoms with Crippen molar-refractivity contribution in [3.8, 4) is 0 Å². The molecule has 0 saturated carbocycles. The van der Waals surface area contributed by atoms with Crippen LogP contribution in [0, 0.1) is 0 Å². The third-order valence-corrected chi connectivity index (χ3v) is 1.69. The highest BCUT2D eigenvalue weighted by Crippen LogP contribution is 2.25. The molecule has 0 bridgehead atoms. The normalized spacial score (nSPS) is 11.2. The summed E-state index contributed by atoms with van der Waals surface area (Å²) in [6.45, 7) is 1.11. The molecule has 1 aromatic heterocycles. The highest BCUT2D eigenvalue weighted by Gasteiger charge is 2.45. The number of carbonyl (C=O) groups excluding carboxylic acids is 1. The van der Waals surface area contributed by atoms with Crippen molar-refractivity contribution in [2.24, 2.45) is 0 Å². The van der Waals surface area contributed by atoms with Crippen LogP contribution in [0.2, 0.25) is 0 Å². The molecular weight excluding hydrogens is 226 g/mol. The van der Waals surface area contributed by atoms with E-state index in [-0.39, 0.29) is 6.61 Å². The van der Waals surface area contributed by atoms with E-state index in [9.17, 15) is 23.2 Å². The van der Waals surface area contributed by atoms with Crippen molar-refractivity contribution in [1.29, 1.82) is 0 Å². The Hall–Kier alpha value is -1.99. The molecule has 2 N–H and O–H groups in total. The molecular formula is C8H8F2N2O4. The maximum absolute atomic E-state index is 13.3. The molecule has 0 unspecified atom stereocenters. The molecule has 1 rings (SSSR count). The number of esters is 1. The smallest absolute Gasteiger partial charge is 0.382 e. The van der Waals surface area contributed by atoms with Crippen molar-refractivity contribution in [3.63, 3.8) is 0 Å². The van der Waals surface area contributed by atoms with Gasteiger partial charge in [-0.1, -0.05) is 0 Å². The molecule has 6 nitrogen and oxygen atoms in total. The van der Waals surface area contributed by atoms with Crippen LogP contribution in [0.4, 0.5) is 8.78 Å². The molecule has 0 aliphatic carbocycles. The molecule has 88 valence electrons. The van der Waals surface area contributed by atoms with E-state index in [1.165, 1.54) is 6.92 Å². The third kappa shape index (κ3) is 2.15. The van der Waals surface area contributed by atoms with Crippen LogP contribution in [0.1, 0.15) is 12.5 Å². The maximum atomic E-state index is 13.3. The molecule has 0 saturated heterocycles. The second-order valence-corrected chi connectivity index (χ2v) is 2.78. The number of H-pyrrole nitrogens is 2. The van der Waals surface area contributed by atoms with Gasteiger partial charge >= 0.3 is 17.6 Å². The van der Waals surface area contributed by atoms with Crippen molar-refractivity contribution >= 4 is 5.97 Å². The Kier molecular flexibility index (Phi) is 3.21. The summed E-state index contributed by atoms with van der Waals surface area (Å²) in [5.74, 6) is -5.93. The van der Waals surface area contributed by atoms with Crippen molar-refractivity contribution in [1.82, 2.24) is 9.97 Å². The van der Waals surface area contributed by atoms with Crippen molar-refractivity contribution in [3.05, 3.63) is 32.6 Å². The highest BCUT2D eigenvalue weighted by atomic mass is 19.3. The first kappa shape index (κ1) is 12.1. The summed E-state index contributed by atoms with van der Waals surface area (Å²) in [5, 5.41) is 0. The number of aromatic nitrogens is 2. The predicted octanol–water partition coefficient (Wildman–Crippen LogP) is -0.282. The van der Waals surface area contributed by atoms with Crippen LogP contribution >= 0.6 is 0 Å². The van der Waals surface area contributed by atoms with E-state index >= 15 is 0 Å². The van der Waals surface area contributed by atoms with E-state index < -0.39 is 28.7 Å². The molecule has 8 heteroatoms. The van der Waals surface area contributed by atoms with Crippen LogP contribution in [0.25, 0.3) is 0 Å². The number of hydrogen-bond acceptors (Lipinski definition) is 4. The Balaban J connectivity index is 3.21. The zero-order valence-electron chi connectivity index (χ0n) is 8.17. The molecule has 0 atom stereocenters. The first-order valence-electron chi connectivity index (χ1n) is 4.27. The molecule has 1 heterocycles. The largest absolute Gasteiger partial charge is 0.461 e. The lowest BCUT2D eigenvalue weighted by molar-refractivity contribution is -0.173. The summed E-state index contributed by atoms with van der Waals surface area (Å²) < 4.78 is 30.7. The van der Waals surface area contributed by atoms with Gasteiger partial charge in [0.15, 0.2) is 0 Å². The van der Waals surface area contributed by atoms with Crippen LogP contribution in [0.5, 0.6) is 0 Å². The van der Waals surface area contributed by atoms with Gasteiger partial charge in [-0.3, -0.25) is 9.78 Å². The summed E-state index contributed by atoms with van der Waals surface area (Å²) in [6.07, 6.45) is 0.484. The molecule has 0 fully saturated rings. The molecule has 0 aromatic carbocycles. The first-order chi connectivity index (χ1) is 7.39. The fourth-order valence-corrected chi connectivity index (χ4v) is 0.975. The van der Waals surface area contributed by atoms with Gasteiger partial charge in [0.2, 0.25) is 0 Å². The van der Waals surface area contributed by atoms with Crippen LogP contribution < -0.4 is 11.2 Å². The standard InChI is InChI=1S/C8H8F2N2O4/c1-2-16-6(14)8(9,10)4-3-11-7(15)12-5(4)13/h3H,2H2,1H3,(H2,11,12,13,15). The average molecular weight is 234 g/mol. The molecule has 0 amide bonds. The van der Waals surface area contributed by atoms with E-state index in [1.54, 1.807) is 4.98 Å². The fourth-order valence-electron chi connectivity index (χ4n) is 0.975. The van der Waals surface area contributed by atoms with E-state index in [0.29, 0.717) is 6.20 Å². The van der Waals surface area contributed by atoms with Crippen molar-refractivity contribution in [2.45, 2.75) is 12.8 Å². The van der Waals surface area contributed by atoms with Gasteiger partial charge in [0.05, 0.1) is 6.61 Å². The second kappa shape index (κ2) is 4.25. The second-order valence-electron chi connectivity index (χ2n) is 2.78. The van der Waals surface area contributed by atoms with Gasteiger partial charge in [-0.15, -0.1) is 0 Å². The van der Waals surface area contributed by atoms with E-state index in [0.717, 1.165) is 0 Å². The number of halogens is 2. The minimum absolute atomic E-state index is 0.240. The number of ether oxygens (including phenoxy) is 1. The Labute approximate surface area is 87.3 Å². The third-order valence-electron chi connectivity index (χ3n) is 1.69. The summed E-state index contributed by atoms with van der Waals surface area (Å²) in [6, 6.07) is 0. The predicted molar refractivity (Wildman–Crippen MR) is 48.2 cm³/mol. The summed E-state index contributed by atoms with van der Waals surface area (Å²) >= 11 is 0. The van der Waals surface area contributed by atoms with Gasteiger partial charge < -0.3 is 9.72 Å². The SMILES string of the molecule is CCOC(=O)C(F)(F)c1c[nH]c(=O)[nH]c1=O. The Morgan fingerprint density at radius 1 is 1.50 bits per heavy atom. The zero-order valence-corrected chi connectivity index (χ0v) is 8.17. The van der Waals surface area contributed by atoms with E-state index in [1.807, 2.05) is 4.98 Å². The van der Waals surface area contributed by atoms with Gasteiger partial charge in [0.1, 0.15) is 5.56 Å². The minimum atomic E-state index is -4.09. The minimum Gasteiger partial charge on any atom is -0.461 e. The van der Waals surface area contributed by atoms with Gasteiger partial charge in [0, 0.05) is 6.20 Å². The average Bonchev–Trinajstić information content (AvgIpc) is 2.17. The van der Waals surface area contributed by atoms with Gasteiger partial charge in [-0.25, -0.2) is 9.59 Å². The van der Waals surface area contributed by atoms with Crippen LogP contribution in [-0.4, -0.2) is 22.5 Å². The monoisotopic (exact) mass is 234 g/mol. The topological polar surface area (TPSA) is 92.0 Å². The number of aromatic amines is 2. The van der Waals surface area contributed by atoms with Crippen LogP contribution in [0.15, 0.2) is 15.8 Å². The molecule has 0 spiro atoms. The number of nitrogens with one attached hydrogen (secondary N) is 2. The van der Waals surface area contributed by atoms with Gasteiger partial charge in [-0.05, 0) is 6.92 Å². The molecule has 0 aliphatic heterocycles. The number of hydrogen-bond donors (Lipinski definition) is 2. The molecule has 0 radical (unpaired) electrons. The van der Waals surface area contributed by atoms with Gasteiger partial charge in [0.25, 0.3) is 5.56 Å². The lowest BCUT2D eigenvalue weighted by atomic mass is 10.2. The first-order valence-corrected chi connectivity index (χ1v) is 4.27. The Bertz CT molecular complexity index is 505. The molecule has 16 heavy (non-hydrogen) atoms. The highest BCUT2D eigenvalue weighted by molar-refractivity contribution is 5.79. The van der Waals surface area contributed by atoms with Crippen molar-refractivity contribution < 1.29 is 18.3 Å². The Morgan fingerprint density at radius 2 is 2.12 bits per heavy atom. The summed E-state index contributed by atoms with van der Waals surface area (Å²) in [5.41, 5.74) is -3.43. The quantitative estimate of drug-likeness (QED) is 0.703. The molecule has 0 aliphatic rings.